The molecule has 2 aromatic heterocycles. The van der Waals surface area contributed by atoms with Crippen molar-refractivity contribution in [3.05, 3.63) is 35.8 Å². The zero-order valence-electron chi connectivity index (χ0n) is 10.3. The Kier molecular flexibility index (Phi) is 3.34. The highest BCUT2D eigenvalue weighted by Crippen LogP contribution is 2.31. The van der Waals surface area contributed by atoms with Gasteiger partial charge in [0.2, 0.25) is 0 Å². The monoisotopic (exact) mass is 312 g/mol. The molecule has 0 aliphatic carbocycles. The number of hydrogen-bond acceptors (Lipinski definition) is 5. The lowest BCUT2D eigenvalue weighted by Crippen LogP contribution is -2.17. The van der Waals surface area contributed by atoms with Crippen molar-refractivity contribution in [3.63, 3.8) is 0 Å². The van der Waals surface area contributed by atoms with Crippen molar-refractivity contribution in [2.75, 3.05) is 0 Å². The maximum Gasteiger partial charge on any atom is 0.573 e. The maximum absolute atomic E-state index is 12.2. The summed E-state index contributed by atoms with van der Waals surface area (Å²) in [6.45, 7) is 0. The topological polar surface area (TPSA) is 63.7 Å². The van der Waals surface area contributed by atoms with Crippen LogP contribution in [0.15, 0.2) is 35.8 Å². The first-order valence-electron chi connectivity index (χ1n) is 5.70. The fourth-order valence-corrected chi connectivity index (χ4v) is 2.49. The van der Waals surface area contributed by atoms with Gasteiger partial charge in [-0.1, -0.05) is 17.3 Å². The second-order valence-electron chi connectivity index (χ2n) is 3.97. The van der Waals surface area contributed by atoms with E-state index in [9.17, 15) is 13.2 Å². The van der Waals surface area contributed by atoms with Crippen molar-refractivity contribution in [3.8, 4) is 27.7 Å². The van der Waals surface area contributed by atoms with Gasteiger partial charge in [0.05, 0.1) is 6.20 Å². The molecule has 3 aromatic rings. The van der Waals surface area contributed by atoms with Gasteiger partial charge < -0.3 is 4.74 Å². The molecule has 1 N–H and O–H groups in total. The number of ether oxygens (including phenoxy) is 1. The summed E-state index contributed by atoms with van der Waals surface area (Å²) >= 11 is 1.30. The highest BCUT2D eigenvalue weighted by atomic mass is 32.1. The number of aromatic nitrogens is 4. The summed E-state index contributed by atoms with van der Waals surface area (Å²) in [5.41, 5.74) is 1.71. The minimum Gasteiger partial charge on any atom is -0.406 e. The van der Waals surface area contributed by atoms with E-state index < -0.39 is 6.36 Å². The van der Waals surface area contributed by atoms with E-state index in [0.717, 1.165) is 0 Å². The minimum atomic E-state index is -4.71. The highest BCUT2D eigenvalue weighted by molar-refractivity contribution is 7.13. The standard InChI is InChI=1S/C12H7F3N4OS/c13-12(14,15)20-8-3-1-2-7(4-8)11-17-10(6-21-11)9-5-16-19-18-9/h1-6H,(H,16,18,19). The van der Waals surface area contributed by atoms with E-state index in [2.05, 4.69) is 25.1 Å². The number of nitrogens with zero attached hydrogens (tertiary/aromatic N) is 3. The van der Waals surface area contributed by atoms with Gasteiger partial charge in [0, 0.05) is 10.9 Å². The molecule has 0 saturated carbocycles. The summed E-state index contributed by atoms with van der Waals surface area (Å²) in [6, 6.07) is 5.67. The molecule has 0 aliphatic heterocycles. The van der Waals surface area contributed by atoms with Gasteiger partial charge in [0.25, 0.3) is 0 Å². The second-order valence-corrected chi connectivity index (χ2v) is 4.83. The van der Waals surface area contributed by atoms with Crippen LogP contribution >= 0.6 is 11.3 Å². The molecule has 108 valence electrons. The second kappa shape index (κ2) is 5.17. The summed E-state index contributed by atoms with van der Waals surface area (Å²) in [5, 5.41) is 12.3. The van der Waals surface area contributed by atoms with Gasteiger partial charge in [-0.25, -0.2) is 4.98 Å². The van der Waals surface area contributed by atoms with Gasteiger partial charge in [-0.05, 0) is 12.1 Å². The van der Waals surface area contributed by atoms with Crippen LogP contribution in [0.3, 0.4) is 0 Å². The third-order valence-electron chi connectivity index (χ3n) is 2.50. The fraction of sp³-hybridized carbons (Fsp3) is 0.0833. The van der Waals surface area contributed by atoms with Gasteiger partial charge >= 0.3 is 6.36 Å². The number of H-pyrrole nitrogens is 1. The zero-order valence-corrected chi connectivity index (χ0v) is 11.1. The number of halogens is 3. The Labute approximate surface area is 120 Å². The molecule has 21 heavy (non-hydrogen) atoms. The summed E-state index contributed by atoms with van der Waals surface area (Å²) < 4.78 is 40.5. The summed E-state index contributed by atoms with van der Waals surface area (Å²) in [5.74, 6) is -0.279. The normalized spacial score (nSPS) is 11.6. The Morgan fingerprint density at radius 3 is 2.76 bits per heavy atom. The van der Waals surface area contributed by atoms with Crippen LogP contribution in [-0.4, -0.2) is 26.8 Å². The Bertz CT molecular complexity index is 739. The third-order valence-corrected chi connectivity index (χ3v) is 3.39. The number of thiazole rings is 1. The molecular weight excluding hydrogens is 305 g/mol. The summed E-state index contributed by atoms with van der Waals surface area (Å²) in [4.78, 5) is 4.32. The molecule has 5 nitrogen and oxygen atoms in total. The van der Waals surface area contributed by atoms with Crippen LogP contribution < -0.4 is 4.74 Å². The summed E-state index contributed by atoms with van der Waals surface area (Å²) in [6.07, 6.45) is -3.13. The van der Waals surface area contributed by atoms with E-state index in [-0.39, 0.29) is 5.75 Å². The van der Waals surface area contributed by atoms with Crippen LogP contribution in [0.5, 0.6) is 5.75 Å². The van der Waals surface area contributed by atoms with Crippen LogP contribution in [0.25, 0.3) is 22.0 Å². The van der Waals surface area contributed by atoms with Crippen molar-refractivity contribution < 1.29 is 17.9 Å². The summed E-state index contributed by atoms with van der Waals surface area (Å²) in [7, 11) is 0. The number of hydrogen-bond donors (Lipinski definition) is 1. The molecule has 0 saturated heterocycles. The van der Waals surface area contributed by atoms with E-state index >= 15 is 0 Å². The molecule has 2 heterocycles. The van der Waals surface area contributed by atoms with E-state index in [1.54, 1.807) is 17.6 Å². The molecule has 9 heteroatoms. The van der Waals surface area contributed by atoms with Gasteiger partial charge in [-0.15, -0.1) is 29.6 Å². The van der Waals surface area contributed by atoms with E-state index in [1.165, 1.54) is 29.5 Å². The first-order chi connectivity index (χ1) is 10.0. The van der Waals surface area contributed by atoms with Crippen molar-refractivity contribution in [2.24, 2.45) is 0 Å². The quantitative estimate of drug-likeness (QED) is 0.804. The predicted octanol–water partition coefficient (Wildman–Crippen LogP) is 3.49. The molecule has 0 aliphatic rings. The van der Waals surface area contributed by atoms with Crippen LogP contribution in [0.1, 0.15) is 0 Å². The van der Waals surface area contributed by atoms with Crippen LogP contribution in [-0.2, 0) is 0 Å². The zero-order chi connectivity index (χ0) is 14.9. The predicted molar refractivity (Wildman–Crippen MR) is 69.6 cm³/mol. The van der Waals surface area contributed by atoms with Gasteiger partial charge in [-0.3, -0.25) is 5.10 Å². The fourth-order valence-electron chi connectivity index (χ4n) is 1.68. The molecule has 1 aromatic carbocycles. The van der Waals surface area contributed by atoms with E-state index in [4.69, 9.17) is 0 Å². The van der Waals surface area contributed by atoms with E-state index in [0.29, 0.717) is 22.0 Å². The van der Waals surface area contributed by atoms with Gasteiger partial charge in [-0.2, -0.15) is 0 Å². The lowest BCUT2D eigenvalue weighted by atomic mass is 10.2. The van der Waals surface area contributed by atoms with Crippen LogP contribution in [0.2, 0.25) is 0 Å². The Morgan fingerprint density at radius 1 is 1.19 bits per heavy atom. The number of rotatable bonds is 3. The molecule has 0 radical (unpaired) electrons. The van der Waals surface area contributed by atoms with Crippen molar-refractivity contribution >= 4 is 11.3 Å². The average Bonchev–Trinajstić information content (AvgIpc) is 3.08. The van der Waals surface area contributed by atoms with Crippen molar-refractivity contribution in [1.82, 2.24) is 20.4 Å². The largest absolute Gasteiger partial charge is 0.573 e. The first kappa shape index (κ1) is 13.6. The van der Waals surface area contributed by atoms with Crippen molar-refractivity contribution in [2.45, 2.75) is 6.36 Å². The maximum atomic E-state index is 12.2. The first-order valence-corrected chi connectivity index (χ1v) is 6.58. The number of benzene rings is 1. The molecule has 0 amide bonds. The highest BCUT2D eigenvalue weighted by Gasteiger charge is 2.31. The Hall–Kier alpha value is -2.42. The molecule has 3 rings (SSSR count). The molecule has 0 bridgehead atoms. The third kappa shape index (κ3) is 3.19. The Balaban J connectivity index is 1.89. The SMILES string of the molecule is FC(F)(F)Oc1cccc(-c2nc(-c3c[nH]nn3)cs2)c1. The lowest BCUT2D eigenvalue weighted by molar-refractivity contribution is -0.274. The van der Waals surface area contributed by atoms with E-state index in [1.807, 2.05) is 0 Å². The van der Waals surface area contributed by atoms with Gasteiger partial charge in [0.15, 0.2) is 0 Å². The van der Waals surface area contributed by atoms with Gasteiger partial charge in [0.1, 0.15) is 22.1 Å². The molecule has 0 spiro atoms. The average molecular weight is 312 g/mol. The molecular formula is C12H7F3N4OS. The molecule has 0 fully saturated rings. The van der Waals surface area contributed by atoms with Crippen LogP contribution in [0, 0.1) is 0 Å². The minimum absolute atomic E-state index is 0.279. The number of nitrogens with one attached hydrogen (secondary N) is 1. The lowest BCUT2D eigenvalue weighted by Gasteiger charge is -2.09. The van der Waals surface area contributed by atoms with Crippen molar-refractivity contribution in [1.29, 1.82) is 0 Å². The Morgan fingerprint density at radius 2 is 2.05 bits per heavy atom. The smallest absolute Gasteiger partial charge is 0.406 e. The molecule has 0 unspecified atom stereocenters. The number of aromatic amines is 1. The number of alkyl halides is 3. The molecule has 0 atom stereocenters. The van der Waals surface area contributed by atoms with Crippen LogP contribution in [0.4, 0.5) is 13.2 Å².